The Bertz CT molecular complexity index is 1380. The van der Waals surface area contributed by atoms with Gasteiger partial charge in [0.2, 0.25) is 6.79 Å². The zero-order valence-electron chi connectivity index (χ0n) is 19.2. The lowest BCUT2D eigenvalue weighted by Crippen LogP contribution is -2.37. The number of allylic oxidation sites excluding steroid dienone is 3. The van der Waals surface area contributed by atoms with Gasteiger partial charge < -0.3 is 20.1 Å². The molecule has 2 atom stereocenters. The van der Waals surface area contributed by atoms with E-state index in [1.807, 2.05) is 66.9 Å². The summed E-state index contributed by atoms with van der Waals surface area (Å²) in [6, 6.07) is 19.1. The number of dihydropyridines is 1. The third kappa shape index (κ3) is 3.91. The summed E-state index contributed by atoms with van der Waals surface area (Å²) in [7, 11) is 0. The molecule has 3 heterocycles. The van der Waals surface area contributed by atoms with Crippen molar-refractivity contribution in [3.63, 3.8) is 0 Å². The molecule has 2 N–H and O–H groups in total. The second kappa shape index (κ2) is 8.74. The molecule has 0 saturated heterocycles. The van der Waals surface area contributed by atoms with Crippen molar-refractivity contribution in [1.82, 2.24) is 5.32 Å². The number of carbonyl (C=O) groups is 2. The maximum absolute atomic E-state index is 13.7. The predicted octanol–water partition coefficient (Wildman–Crippen LogP) is 5.48. The van der Waals surface area contributed by atoms with E-state index < -0.39 is 5.92 Å². The number of rotatable bonds is 4. The molecule has 6 rings (SSSR count). The highest BCUT2D eigenvalue weighted by Gasteiger charge is 2.41. The molecule has 0 unspecified atom stereocenters. The SMILES string of the molecule is CC1=C(C(=O)Nc2ccccc2)[C@H](c2ccc3c(c2)OCO3)C2=C(C[C@H](c3cccs3)CC2=O)N1. The number of benzene rings is 2. The molecular formula is C28H24N2O4S. The largest absolute Gasteiger partial charge is 0.454 e. The number of Topliss-reactive ketones (excluding diaryl/α,β-unsaturated/α-hetero) is 1. The van der Waals surface area contributed by atoms with Crippen LogP contribution in [0.2, 0.25) is 0 Å². The van der Waals surface area contributed by atoms with E-state index in [0.29, 0.717) is 34.8 Å². The van der Waals surface area contributed by atoms with Gasteiger partial charge in [-0.25, -0.2) is 0 Å². The van der Waals surface area contributed by atoms with Crippen molar-refractivity contribution in [2.24, 2.45) is 0 Å². The Kier molecular flexibility index (Phi) is 5.41. The number of thiophene rings is 1. The molecule has 35 heavy (non-hydrogen) atoms. The van der Waals surface area contributed by atoms with Gasteiger partial charge in [-0.15, -0.1) is 11.3 Å². The van der Waals surface area contributed by atoms with Gasteiger partial charge in [-0.05, 0) is 54.6 Å². The monoisotopic (exact) mass is 484 g/mol. The Morgan fingerprint density at radius 1 is 1.03 bits per heavy atom. The Morgan fingerprint density at radius 2 is 1.86 bits per heavy atom. The van der Waals surface area contributed by atoms with E-state index in [1.165, 1.54) is 4.88 Å². The fraction of sp³-hybridized carbons (Fsp3) is 0.214. The minimum Gasteiger partial charge on any atom is -0.454 e. The van der Waals surface area contributed by atoms with E-state index in [4.69, 9.17) is 9.47 Å². The van der Waals surface area contributed by atoms with E-state index in [1.54, 1.807) is 11.3 Å². The van der Waals surface area contributed by atoms with Gasteiger partial charge in [-0.2, -0.15) is 0 Å². The lowest BCUT2D eigenvalue weighted by Gasteiger charge is -2.36. The first kappa shape index (κ1) is 21.7. The fourth-order valence-electron chi connectivity index (χ4n) is 5.21. The lowest BCUT2D eigenvalue weighted by molar-refractivity contribution is -0.116. The molecule has 1 aliphatic carbocycles. The third-order valence-electron chi connectivity index (χ3n) is 6.78. The number of carbonyl (C=O) groups excluding carboxylic acids is 2. The first-order valence-electron chi connectivity index (χ1n) is 11.6. The number of para-hydroxylation sites is 1. The van der Waals surface area contributed by atoms with Crippen molar-refractivity contribution in [3.8, 4) is 11.5 Å². The van der Waals surface area contributed by atoms with Gasteiger partial charge in [-0.1, -0.05) is 30.3 Å². The summed E-state index contributed by atoms with van der Waals surface area (Å²) < 4.78 is 11.1. The molecule has 6 nitrogen and oxygen atoms in total. The molecule has 0 spiro atoms. The number of hydrogen-bond acceptors (Lipinski definition) is 6. The number of amides is 1. The number of ketones is 1. The van der Waals surface area contributed by atoms with Gasteiger partial charge in [0, 0.05) is 51.4 Å². The van der Waals surface area contributed by atoms with Crippen LogP contribution in [-0.2, 0) is 9.59 Å². The summed E-state index contributed by atoms with van der Waals surface area (Å²) >= 11 is 1.68. The summed E-state index contributed by atoms with van der Waals surface area (Å²) in [5.41, 5.74) is 4.39. The zero-order chi connectivity index (χ0) is 23.9. The van der Waals surface area contributed by atoms with Gasteiger partial charge in [0.15, 0.2) is 17.3 Å². The second-order valence-electron chi connectivity index (χ2n) is 8.97. The van der Waals surface area contributed by atoms with Crippen LogP contribution in [0.3, 0.4) is 0 Å². The van der Waals surface area contributed by atoms with E-state index in [0.717, 1.165) is 23.4 Å². The summed E-state index contributed by atoms with van der Waals surface area (Å²) in [4.78, 5) is 28.5. The van der Waals surface area contributed by atoms with Gasteiger partial charge in [-0.3, -0.25) is 9.59 Å². The Morgan fingerprint density at radius 3 is 2.66 bits per heavy atom. The highest BCUT2D eigenvalue weighted by molar-refractivity contribution is 7.10. The van der Waals surface area contributed by atoms with Crippen molar-refractivity contribution in [3.05, 3.63) is 99.0 Å². The maximum atomic E-state index is 13.7. The predicted molar refractivity (Wildman–Crippen MR) is 135 cm³/mol. The van der Waals surface area contributed by atoms with Crippen molar-refractivity contribution in [1.29, 1.82) is 0 Å². The molecule has 1 aromatic heterocycles. The molecule has 0 radical (unpaired) electrons. The van der Waals surface area contributed by atoms with Crippen LogP contribution in [-0.4, -0.2) is 18.5 Å². The maximum Gasteiger partial charge on any atom is 0.254 e. The van der Waals surface area contributed by atoms with Gasteiger partial charge in [0.25, 0.3) is 5.91 Å². The molecule has 3 aliphatic rings. The van der Waals surface area contributed by atoms with E-state index in [9.17, 15) is 9.59 Å². The van der Waals surface area contributed by atoms with Crippen LogP contribution >= 0.6 is 11.3 Å². The Hall–Kier alpha value is -3.84. The number of nitrogens with one attached hydrogen (secondary N) is 2. The van der Waals surface area contributed by atoms with Crippen LogP contribution in [0.5, 0.6) is 11.5 Å². The highest BCUT2D eigenvalue weighted by atomic mass is 32.1. The molecule has 3 aromatic rings. The summed E-state index contributed by atoms with van der Waals surface area (Å²) in [5, 5.41) is 8.49. The van der Waals surface area contributed by atoms with Gasteiger partial charge in [0.1, 0.15) is 0 Å². The number of ether oxygens (including phenoxy) is 2. The average Bonchev–Trinajstić information content (AvgIpc) is 3.55. The molecule has 7 heteroatoms. The number of hydrogen-bond donors (Lipinski definition) is 2. The first-order valence-corrected chi connectivity index (χ1v) is 12.5. The quantitative estimate of drug-likeness (QED) is 0.513. The second-order valence-corrected chi connectivity index (χ2v) is 9.94. The average molecular weight is 485 g/mol. The number of anilines is 1. The smallest absolute Gasteiger partial charge is 0.254 e. The first-order chi connectivity index (χ1) is 17.1. The van der Waals surface area contributed by atoms with Crippen molar-refractivity contribution in [2.75, 3.05) is 12.1 Å². The summed E-state index contributed by atoms with van der Waals surface area (Å²) in [5.74, 6) is 0.768. The van der Waals surface area contributed by atoms with Crippen molar-refractivity contribution in [2.45, 2.75) is 31.6 Å². The van der Waals surface area contributed by atoms with E-state index in [-0.39, 0.29) is 24.4 Å². The summed E-state index contributed by atoms with van der Waals surface area (Å²) in [6.07, 6.45) is 1.16. The fourth-order valence-corrected chi connectivity index (χ4v) is 6.04. The van der Waals surface area contributed by atoms with Crippen LogP contribution in [0.1, 0.15) is 42.0 Å². The standard InChI is InChI=1S/C28H24N2O4S/c1-16-25(28(32)30-19-6-3-2-4-7-19)26(17-9-10-22-23(14-17)34-15-33-22)27-20(29-16)12-18(13-21(27)31)24-8-5-11-35-24/h2-11,14,18,26,29H,12-13,15H2,1H3,(H,30,32)/t18-,26-/m0/s1. The van der Waals surface area contributed by atoms with Crippen LogP contribution in [0.25, 0.3) is 0 Å². The molecule has 0 saturated carbocycles. The van der Waals surface area contributed by atoms with Crippen LogP contribution in [0.15, 0.2) is 88.6 Å². The Labute approximate surface area is 207 Å². The normalized spacial score (nSPS) is 21.0. The zero-order valence-corrected chi connectivity index (χ0v) is 20.0. The molecule has 2 aliphatic heterocycles. The van der Waals surface area contributed by atoms with Crippen LogP contribution in [0, 0.1) is 0 Å². The molecule has 2 aromatic carbocycles. The minimum atomic E-state index is -0.499. The molecule has 1 amide bonds. The highest BCUT2D eigenvalue weighted by Crippen LogP contribution is 2.47. The van der Waals surface area contributed by atoms with Crippen molar-refractivity contribution >= 4 is 28.7 Å². The third-order valence-corrected chi connectivity index (χ3v) is 7.81. The van der Waals surface area contributed by atoms with Gasteiger partial charge in [0.05, 0.1) is 0 Å². The topological polar surface area (TPSA) is 76.7 Å². The molecule has 0 bridgehead atoms. The Balaban J connectivity index is 1.43. The van der Waals surface area contributed by atoms with Crippen LogP contribution in [0.4, 0.5) is 5.69 Å². The van der Waals surface area contributed by atoms with E-state index in [2.05, 4.69) is 16.7 Å². The summed E-state index contributed by atoms with van der Waals surface area (Å²) in [6.45, 7) is 2.07. The van der Waals surface area contributed by atoms with Crippen LogP contribution < -0.4 is 20.1 Å². The van der Waals surface area contributed by atoms with Gasteiger partial charge >= 0.3 is 0 Å². The number of fused-ring (bicyclic) bond motifs is 1. The van der Waals surface area contributed by atoms with E-state index >= 15 is 0 Å². The molecular weight excluding hydrogens is 460 g/mol. The molecule has 0 fully saturated rings. The lowest BCUT2D eigenvalue weighted by atomic mass is 9.72. The minimum absolute atomic E-state index is 0.0670. The molecule has 176 valence electrons. The van der Waals surface area contributed by atoms with Crippen molar-refractivity contribution < 1.29 is 19.1 Å².